The number of carbonyl (C=O) groups is 1. The molecule has 3 rings (SSSR count). The third-order valence-corrected chi connectivity index (χ3v) is 4.19. The molecule has 3 aromatic rings. The SMILES string of the molecule is O=C(O)C(Cc1nc2ccccc2s1)Nc1ccccc1. The highest BCUT2D eigenvalue weighted by molar-refractivity contribution is 7.18. The molecule has 1 unspecified atom stereocenters. The van der Waals surface area contributed by atoms with E-state index in [4.69, 9.17) is 0 Å². The van der Waals surface area contributed by atoms with Crippen LogP contribution in [0, 0.1) is 0 Å². The van der Waals surface area contributed by atoms with Gasteiger partial charge in [-0.3, -0.25) is 0 Å². The summed E-state index contributed by atoms with van der Waals surface area (Å²) in [6.45, 7) is 0. The number of hydrogen-bond donors (Lipinski definition) is 2. The van der Waals surface area contributed by atoms with Crippen LogP contribution in [-0.2, 0) is 11.2 Å². The molecular formula is C16H14N2O2S. The lowest BCUT2D eigenvalue weighted by Gasteiger charge is -2.14. The molecule has 0 aliphatic heterocycles. The van der Waals surface area contributed by atoms with Gasteiger partial charge in [-0.15, -0.1) is 11.3 Å². The van der Waals surface area contributed by atoms with Crippen molar-refractivity contribution in [1.29, 1.82) is 0 Å². The van der Waals surface area contributed by atoms with Crippen LogP contribution in [0.15, 0.2) is 54.6 Å². The van der Waals surface area contributed by atoms with Gasteiger partial charge in [0, 0.05) is 12.1 Å². The van der Waals surface area contributed by atoms with Crippen LogP contribution in [0.5, 0.6) is 0 Å². The second-order valence-corrected chi connectivity index (χ2v) is 5.80. The zero-order chi connectivity index (χ0) is 14.7. The summed E-state index contributed by atoms with van der Waals surface area (Å²) in [6, 6.07) is 16.5. The van der Waals surface area contributed by atoms with Crippen molar-refractivity contribution >= 4 is 33.2 Å². The van der Waals surface area contributed by atoms with E-state index in [1.807, 2.05) is 54.6 Å². The van der Waals surface area contributed by atoms with E-state index < -0.39 is 12.0 Å². The van der Waals surface area contributed by atoms with E-state index >= 15 is 0 Å². The molecule has 0 radical (unpaired) electrons. The Morgan fingerprint density at radius 2 is 1.86 bits per heavy atom. The molecule has 1 aromatic heterocycles. The van der Waals surface area contributed by atoms with E-state index in [0.29, 0.717) is 6.42 Å². The predicted molar refractivity (Wildman–Crippen MR) is 84.8 cm³/mol. The van der Waals surface area contributed by atoms with Crippen molar-refractivity contribution in [3.63, 3.8) is 0 Å². The lowest BCUT2D eigenvalue weighted by atomic mass is 10.2. The van der Waals surface area contributed by atoms with Crippen LogP contribution in [-0.4, -0.2) is 22.1 Å². The first kappa shape index (κ1) is 13.6. The van der Waals surface area contributed by atoms with E-state index in [0.717, 1.165) is 20.9 Å². The van der Waals surface area contributed by atoms with Crippen LogP contribution in [0.25, 0.3) is 10.2 Å². The topological polar surface area (TPSA) is 62.2 Å². The maximum Gasteiger partial charge on any atom is 0.326 e. The van der Waals surface area contributed by atoms with Gasteiger partial charge in [-0.1, -0.05) is 30.3 Å². The Morgan fingerprint density at radius 1 is 1.14 bits per heavy atom. The molecule has 0 amide bonds. The van der Waals surface area contributed by atoms with E-state index in [9.17, 15) is 9.90 Å². The lowest BCUT2D eigenvalue weighted by molar-refractivity contribution is -0.137. The van der Waals surface area contributed by atoms with Gasteiger partial charge in [0.15, 0.2) is 0 Å². The van der Waals surface area contributed by atoms with Crippen molar-refractivity contribution in [3.8, 4) is 0 Å². The van der Waals surface area contributed by atoms with E-state index in [1.54, 1.807) is 0 Å². The Labute approximate surface area is 126 Å². The van der Waals surface area contributed by atoms with E-state index in [2.05, 4.69) is 10.3 Å². The summed E-state index contributed by atoms with van der Waals surface area (Å²) in [5.74, 6) is -0.877. The van der Waals surface area contributed by atoms with Gasteiger partial charge in [0.05, 0.1) is 15.2 Å². The molecule has 0 aliphatic rings. The number of aliphatic carboxylic acids is 1. The van der Waals surface area contributed by atoms with E-state index in [-0.39, 0.29) is 0 Å². The zero-order valence-corrected chi connectivity index (χ0v) is 12.0. The van der Waals surface area contributed by atoms with Crippen LogP contribution in [0.3, 0.4) is 0 Å². The van der Waals surface area contributed by atoms with Gasteiger partial charge >= 0.3 is 5.97 Å². The van der Waals surface area contributed by atoms with Crippen molar-refractivity contribution < 1.29 is 9.90 Å². The minimum Gasteiger partial charge on any atom is -0.480 e. The van der Waals surface area contributed by atoms with Gasteiger partial charge in [0.1, 0.15) is 6.04 Å². The van der Waals surface area contributed by atoms with Crippen molar-refractivity contribution in [3.05, 3.63) is 59.6 Å². The Kier molecular flexibility index (Phi) is 3.83. The Bertz CT molecular complexity index is 722. The molecule has 2 aromatic carbocycles. The van der Waals surface area contributed by atoms with Gasteiger partial charge in [-0.05, 0) is 24.3 Å². The molecule has 1 heterocycles. The number of carboxylic acids is 1. The number of nitrogens with one attached hydrogen (secondary N) is 1. The second-order valence-electron chi connectivity index (χ2n) is 4.68. The largest absolute Gasteiger partial charge is 0.480 e. The highest BCUT2D eigenvalue weighted by Gasteiger charge is 2.19. The molecule has 1 atom stereocenters. The summed E-state index contributed by atoms with van der Waals surface area (Å²) >= 11 is 1.54. The van der Waals surface area contributed by atoms with Crippen LogP contribution < -0.4 is 5.32 Å². The quantitative estimate of drug-likeness (QED) is 0.758. The number of para-hydroxylation sites is 2. The summed E-state index contributed by atoms with van der Waals surface area (Å²) in [5.41, 5.74) is 1.72. The summed E-state index contributed by atoms with van der Waals surface area (Å²) in [6.07, 6.45) is 0.365. The Hall–Kier alpha value is -2.40. The second kappa shape index (κ2) is 5.93. The number of fused-ring (bicyclic) bond motifs is 1. The molecule has 5 heteroatoms. The number of thiazole rings is 1. The van der Waals surface area contributed by atoms with Crippen molar-refractivity contribution in [2.75, 3.05) is 5.32 Å². The molecule has 4 nitrogen and oxygen atoms in total. The molecule has 0 saturated heterocycles. The maximum atomic E-state index is 11.4. The van der Waals surface area contributed by atoms with Crippen LogP contribution >= 0.6 is 11.3 Å². The molecule has 0 spiro atoms. The Balaban J connectivity index is 1.80. The number of nitrogens with zero attached hydrogens (tertiary/aromatic N) is 1. The van der Waals surface area contributed by atoms with Gasteiger partial charge in [-0.2, -0.15) is 0 Å². The smallest absolute Gasteiger partial charge is 0.326 e. The number of benzene rings is 2. The van der Waals surface area contributed by atoms with Crippen LogP contribution in [0.4, 0.5) is 5.69 Å². The molecule has 21 heavy (non-hydrogen) atoms. The fraction of sp³-hybridized carbons (Fsp3) is 0.125. The Morgan fingerprint density at radius 3 is 2.57 bits per heavy atom. The summed E-state index contributed by atoms with van der Waals surface area (Å²) in [4.78, 5) is 15.9. The fourth-order valence-corrected chi connectivity index (χ4v) is 3.13. The lowest BCUT2D eigenvalue weighted by Crippen LogP contribution is -2.31. The molecule has 0 fully saturated rings. The monoisotopic (exact) mass is 298 g/mol. The fourth-order valence-electron chi connectivity index (χ4n) is 2.12. The minimum atomic E-state index is -0.877. The molecule has 106 valence electrons. The zero-order valence-electron chi connectivity index (χ0n) is 11.2. The average Bonchev–Trinajstić information content (AvgIpc) is 2.90. The highest BCUT2D eigenvalue weighted by atomic mass is 32.1. The van der Waals surface area contributed by atoms with Crippen molar-refractivity contribution in [1.82, 2.24) is 4.98 Å². The predicted octanol–water partition coefficient (Wildman–Crippen LogP) is 3.40. The third kappa shape index (κ3) is 3.20. The first-order valence-electron chi connectivity index (χ1n) is 6.61. The van der Waals surface area contributed by atoms with Gasteiger partial charge in [0.25, 0.3) is 0 Å². The number of rotatable bonds is 5. The summed E-state index contributed by atoms with van der Waals surface area (Å²) in [5, 5.41) is 13.2. The normalized spacial score (nSPS) is 12.2. The minimum absolute atomic E-state index is 0.365. The number of anilines is 1. The number of hydrogen-bond acceptors (Lipinski definition) is 4. The van der Waals surface area contributed by atoms with Crippen LogP contribution in [0.1, 0.15) is 5.01 Å². The molecule has 2 N–H and O–H groups in total. The molecule has 0 saturated carbocycles. The maximum absolute atomic E-state index is 11.4. The highest BCUT2D eigenvalue weighted by Crippen LogP contribution is 2.23. The number of aromatic nitrogens is 1. The molecule has 0 bridgehead atoms. The van der Waals surface area contributed by atoms with Gasteiger partial charge in [0.2, 0.25) is 0 Å². The summed E-state index contributed by atoms with van der Waals surface area (Å²) in [7, 11) is 0. The molecular weight excluding hydrogens is 284 g/mol. The summed E-state index contributed by atoms with van der Waals surface area (Å²) < 4.78 is 1.08. The average molecular weight is 298 g/mol. The number of carboxylic acid groups (broad SMARTS) is 1. The first-order chi connectivity index (χ1) is 10.2. The van der Waals surface area contributed by atoms with E-state index in [1.165, 1.54) is 11.3 Å². The first-order valence-corrected chi connectivity index (χ1v) is 7.43. The molecule has 0 aliphatic carbocycles. The van der Waals surface area contributed by atoms with Crippen molar-refractivity contribution in [2.45, 2.75) is 12.5 Å². The van der Waals surface area contributed by atoms with Gasteiger partial charge < -0.3 is 10.4 Å². The van der Waals surface area contributed by atoms with Crippen molar-refractivity contribution in [2.24, 2.45) is 0 Å². The van der Waals surface area contributed by atoms with Crippen LogP contribution in [0.2, 0.25) is 0 Å². The van der Waals surface area contributed by atoms with Gasteiger partial charge in [-0.25, -0.2) is 9.78 Å². The third-order valence-electron chi connectivity index (χ3n) is 3.13. The standard InChI is InChI=1S/C16H14N2O2S/c19-16(20)13(17-11-6-2-1-3-7-11)10-15-18-12-8-4-5-9-14(12)21-15/h1-9,13,17H,10H2,(H,19,20).